The Kier molecular flexibility index (Phi) is 3.74. The lowest BCUT2D eigenvalue weighted by Crippen LogP contribution is -2.41. The van der Waals surface area contributed by atoms with E-state index in [0.717, 1.165) is 42.7 Å². The molecule has 0 amide bonds. The van der Waals surface area contributed by atoms with Crippen molar-refractivity contribution in [1.82, 2.24) is 9.47 Å². The zero-order chi connectivity index (χ0) is 14.1. The van der Waals surface area contributed by atoms with Crippen molar-refractivity contribution in [2.75, 3.05) is 26.7 Å². The van der Waals surface area contributed by atoms with Gasteiger partial charge in [-0.15, -0.1) is 0 Å². The maximum Gasteiger partial charge on any atom is 0.104 e. The standard InChI is InChI=1S/C15H19N3OS/c1-17-7-8-19-11(9-17)10-18-6-5-12-13(15(16)20)3-2-4-14(12)18/h2-6,11H,7-10H2,1H3,(H2,16,20). The lowest BCUT2D eigenvalue weighted by molar-refractivity contribution is -0.0269. The van der Waals surface area contributed by atoms with Crippen molar-refractivity contribution in [3.63, 3.8) is 0 Å². The number of aromatic nitrogens is 1. The number of benzene rings is 1. The number of ether oxygens (including phenoxy) is 1. The summed E-state index contributed by atoms with van der Waals surface area (Å²) in [7, 11) is 2.13. The van der Waals surface area contributed by atoms with E-state index >= 15 is 0 Å². The summed E-state index contributed by atoms with van der Waals surface area (Å²) in [6.07, 6.45) is 2.32. The Labute approximate surface area is 124 Å². The van der Waals surface area contributed by atoms with Crippen molar-refractivity contribution < 1.29 is 4.74 Å². The van der Waals surface area contributed by atoms with Gasteiger partial charge in [-0.05, 0) is 19.2 Å². The van der Waals surface area contributed by atoms with E-state index in [1.54, 1.807) is 0 Å². The smallest absolute Gasteiger partial charge is 0.104 e. The van der Waals surface area contributed by atoms with Crippen LogP contribution in [-0.4, -0.2) is 47.3 Å². The molecule has 2 heterocycles. The summed E-state index contributed by atoms with van der Waals surface area (Å²) >= 11 is 5.11. The molecular weight excluding hydrogens is 270 g/mol. The van der Waals surface area contributed by atoms with Crippen LogP contribution >= 0.6 is 12.2 Å². The first-order valence-electron chi connectivity index (χ1n) is 6.83. The second kappa shape index (κ2) is 5.52. The van der Waals surface area contributed by atoms with Crippen molar-refractivity contribution in [3.8, 4) is 0 Å². The molecule has 1 aromatic carbocycles. The number of rotatable bonds is 3. The first kappa shape index (κ1) is 13.5. The quantitative estimate of drug-likeness (QED) is 0.872. The van der Waals surface area contributed by atoms with E-state index in [1.165, 1.54) is 0 Å². The third-order valence-corrected chi connectivity index (χ3v) is 4.04. The zero-order valence-corrected chi connectivity index (χ0v) is 12.4. The largest absolute Gasteiger partial charge is 0.389 e. The molecule has 0 bridgehead atoms. The zero-order valence-electron chi connectivity index (χ0n) is 11.6. The molecule has 0 saturated carbocycles. The van der Waals surface area contributed by atoms with Crippen molar-refractivity contribution in [2.24, 2.45) is 5.73 Å². The first-order chi connectivity index (χ1) is 9.65. The molecule has 2 N–H and O–H groups in total. The van der Waals surface area contributed by atoms with Gasteiger partial charge in [0.15, 0.2) is 0 Å². The van der Waals surface area contributed by atoms with Gasteiger partial charge in [-0.2, -0.15) is 0 Å². The van der Waals surface area contributed by atoms with Crippen LogP contribution in [0.5, 0.6) is 0 Å². The van der Waals surface area contributed by atoms with Gasteiger partial charge in [-0.1, -0.05) is 24.4 Å². The van der Waals surface area contributed by atoms with Crippen molar-refractivity contribution in [3.05, 3.63) is 36.0 Å². The summed E-state index contributed by atoms with van der Waals surface area (Å²) in [6, 6.07) is 8.15. The number of hydrogen-bond acceptors (Lipinski definition) is 3. The SMILES string of the molecule is CN1CCOC(Cn2ccc3c(C(N)=S)cccc32)C1. The van der Waals surface area contributed by atoms with Crippen LogP contribution < -0.4 is 5.73 Å². The Balaban J connectivity index is 1.89. The summed E-state index contributed by atoms with van der Waals surface area (Å²) in [4.78, 5) is 2.75. The lowest BCUT2D eigenvalue weighted by Gasteiger charge is -2.30. The monoisotopic (exact) mass is 289 g/mol. The minimum Gasteiger partial charge on any atom is -0.389 e. The molecule has 2 aromatic rings. The summed E-state index contributed by atoms with van der Waals surface area (Å²) < 4.78 is 8.06. The number of morpholine rings is 1. The average molecular weight is 289 g/mol. The number of nitrogens with zero attached hydrogens (tertiary/aromatic N) is 2. The van der Waals surface area contributed by atoms with Crippen LogP contribution in [0.3, 0.4) is 0 Å². The molecule has 1 aliphatic rings. The predicted octanol–water partition coefficient (Wildman–Crippen LogP) is 1.61. The number of fused-ring (bicyclic) bond motifs is 1. The molecule has 1 aromatic heterocycles. The molecule has 0 radical (unpaired) electrons. The van der Waals surface area contributed by atoms with Gasteiger partial charge in [-0.25, -0.2) is 0 Å². The molecule has 4 nitrogen and oxygen atoms in total. The topological polar surface area (TPSA) is 43.4 Å². The van der Waals surface area contributed by atoms with Crippen LogP contribution in [0, 0.1) is 0 Å². The van der Waals surface area contributed by atoms with E-state index in [0.29, 0.717) is 4.99 Å². The number of likely N-dealkylation sites (N-methyl/N-ethyl adjacent to an activating group) is 1. The molecule has 1 aliphatic heterocycles. The highest BCUT2D eigenvalue weighted by Gasteiger charge is 2.19. The summed E-state index contributed by atoms with van der Waals surface area (Å²) in [6.45, 7) is 3.64. The van der Waals surface area contributed by atoms with E-state index in [1.807, 2.05) is 12.1 Å². The minimum atomic E-state index is 0.234. The Morgan fingerprint density at radius 3 is 3.05 bits per heavy atom. The van der Waals surface area contributed by atoms with Gasteiger partial charge in [-0.3, -0.25) is 0 Å². The molecule has 1 atom stereocenters. The van der Waals surface area contributed by atoms with E-state index in [2.05, 4.69) is 34.8 Å². The number of hydrogen-bond donors (Lipinski definition) is 1. The van der Waals surface area contributed by atoms with Crippen LogP contribution in [0.2, 0.25) is 0 Å². The summed E-state index contributed by atoms with van der Waals surface area (Å²) in [5, 5.41) is 1.11. The predicted molar refractivity (Wildman–Crippen MR) is 85.1 cm³/mol. The van der Waals surface area contributed by atoms with Crippen molar-refractivity contribution in [1.29, 1.82) is 0 Å². The Morgan fingerprint density at radius 2 is 2.30 bits per heavy atom. The molecule has 0 aliphatic carbocycles. The van der Waals surface area contributed by atoms with Crippen LogP contribution in [0.25, 0.3) is 10.9 Å². The van der Waals surface area contributed by atoms with Gasteiger partial charge < -0.3 is 19.9 Å². The van der Waals surface area contributed by atoms with Crippen LogP contribution in [0.15, 0.2) is 30.5 Å². The molecule has 3 rings (SSSR count). The molecule has 1 unspecified atom stereocenters. The van der Waals surface area contributed by atoms with Gasteiger partial charge >= 0.3 is 0 Å². The first-order valence-corrected chi connectivity index (χ1v) is 7.24. The van der Waals surface area contributed by atoms with E-state index in [4.69, 9.17) is 22.7 Å². The number of nitrogens with two attached hydrogens (primary N) is 1. The maximum atomic E-state index is 5.84. The average Bonchev–Trinajstić information content (AvgIpc) is 2.82. The minimum absolute atomic E-state index is 0.234. The third kappa shape index (κ3) is 2.57. The van der Waals surface area contributed by atoms with Gasteiger partial charge in [0.05, 0.1) is 19.3 Å². The van der Waals surface area contributed by atoms with Crippen molar-refractivity contribution in [2.45, 2.75) is 12.6 Å². The van der Waals surface area contributed by atoms with E-state index < -0.39 is 0 Å². The normalized spacial score (nSPS) is 20.4. The van der Waals surface area contributed by atoms with Crippen LogP contribution in [-0.2, 0) is 11.3 Å². The van der Waals surface area contributed by atoms with Crippen LogP contribution in [0.1, 0.15) is 5.56 Å². The Morgan fingerprint density at radius 1 is 1.45 bits per heavy atom. The molecule has 1 fully saturated rings. The molecule has 1 saturated heterocycles. The van der Waals surface area contributed by atoms with E-state index in [-0.39, 0.29) is 6.10 Å². The fourth-order valence-corrected chi connectivity index (χ4v) is 2.97. The Hall–Kier alpha value is -1.43. The van der Waals surface area contributed by atoms with Crippen LogP contribution in [0.4, 0.5) is 0 Å². The molecule has 106 valence electrons. The Bertz CT molecular complexity index is 637. The third-order valence-electron chi connectivity index (χ3n) is 3.82. The van der Waals surface area contributed by atoms with Gasteiger partial charge in [0.25, 0.3) is 0 Å². The number of thiocarbonyl (C=S) groups is 1. The molecular formula is C15H19N3OS. The van der Waals surface area contributed by atoms with Crippen molar-refractivity contribution >= 4 is 28.1 Å². The van der Waals surface area contributed by atoms with Gasteiger partial charge in [0, 0.05) is 35.8 Å². The highest BCUT2D eigenvalue weighted by Crippen LogP contribution is 2.21. The maximum absolute atomic E-state index is 5.84. The fourth-order valence-electron chi connectivity index (χ4n) is 2.79. The molecule has 5 heteroatoms. The fraction of sp³-hybridized carbons (Fsp3) is 0.400. The highest BCUT2D eigenvalue weighted by atomic mass is 32.1. The summed E-state index contributed by atoms with van der Waals surface area (Å²) in [5.74, 6) is 0. The van der Waals surface area contributed by atoms with E-state index in [9.17, 15) is 0 Å². The highest BCUT2D eigenvalue weighted by molar-refractivity contribution is 7.80. The molecule has 0 spiro atoms. The lowest BCUT2D eigenvalue weighted by atomic mass is 10.1. The second-order valence-electron chi connectivity index (χ2n) is 5.33. The summed E-state index contributed by atoms with van der Waals surface area (Å²) in [5.41, 5.74) is 7.88. The van der Waals surface area contributed by atoms with Gasteiger partial charge in [0.1, 0.15) is 4.99 Å². The second-order valence-corrected chi connectivity index (χ2v) is 5.77. The van der Waals surface area contributed by atoms with Gasteiger partial charge in [0.2, 0.25) is 0 Å². The molecule has 20 heavy (non-hydrogen) atoms.